The second kappa shape index (κ2) is 7.86. The molecule has 0 saturated carbocycles. The highest BCUT2D eigenvalue weighted by molar-refractivity contribution is 7.89. The molecule has 0 radical (unpaired) electrons. The van der Waals surface area contributed by atoms with Crippen molar-refractivity contribution in [3.8, 4) is 5.75 Å². The molecule has 0 bridgehead atoms. The number of benzene rings is 1. The van der Waals surface area contributed by atoms with E-state index in [9.17, 15) is 13.2 Å². The molecule has 2 N–H and O–H groups in total. The Bertz CT molecular complexity index is 541. The molecule has 1 aromatic carbocycles. The molecule has 0 spiro atoms. The summed E-state index contributed by atoms with van der Waals surface area (Å²) < 4.78 is 31.5. The normalized spacial score (nSPS) is 11.1. The zero-order chi connectivity index (χ0) is 15.0. The molecule has 0 aliphatic heterocycles. The van der Waals surface area contributed by atoms with E-state index < -0.39 is 16.0 Å². The van der Waals surface area contributed by atoms with E-state index in [4.69, 9.17) is 9.88 Å². The Labute approximate surface area is 118 Å². The highest BCUT2D eigenvalue weighted by Crippen LogP contribution is 2.14. The maximum atomic E-state index is 11.3. The molecule has 1 rings (SSSR count). The molecule has 0 unspecified atom stereocenters. The molecule has 0 aliphatic carbocycles. The molecule has 0 aliphatic rings. The molecular weight excluding hydrogens is 282 g/mol. The van der Waals surface area contributed by atoms with Crippen LogP contribution in [0.3, 0.4) is 0 Å². The molecule has 0 heterocycles. The summed E-state index contributed by atoms with van der Waals surface area (Å²) in [5.41, 5.74) is 0.430. The highest BCUT2D eigenvalue weighted by atomic mass is 32.2. The van der Waals surface area contributed by atoms with Gasteiger partial charge in [0.25, 0.3) is 0 Å². The Balaban J connectivity index is 2.30. The second-order valence-corrected chi connectivity index (χ2v) is 6.03. The lowest BCUT2D eigenvalue weighted by molar-refractivity contribution is 0.0600. The zero-order valence-electron chi connectivity index (χ0n) is 11.4. The Hall–Kier alpha value is -1.60. The van der Waals surface area contributed by atoms with E-state index >= 15 is 0 Å². The van der Waals surface area contributed by atoms with Crippen LogP contribution in [-0.4, -0.2) is 33.9 Å². The van der Waals surface area contributed by atoms with Crippen LogP contribution < -0.4 is 9.88 Å². The molecule has 0 atom stereocenters. The van der Waals surface area contributed by atoms with Gasteiger partial charge in [-0.3, -0.25) is 0 Å². The molecule has 0 amide bonds. The van der Waals surface area contributed by atoms with Gasteiger partial charge in [-0.15, -0.1) is 0 Å². The third kappa shape index (κ3) is 6.53. The van der Waals surface area contributed by atoms with E-state index in [1.807, 2.05) is 0 Å². The summed E-state index contributed by atoms with van der Waals surface area (Å²) >= 11 is 0. The minimum absolute atomic E-state index is 0.00910. The van der Waals surface area contributed by atoms with Gasteiger partial charge in [-0.25, -0.2) is 18.4 Å². The average Bonchev–Trinajstić information content (AvgIpc) is 2.41. The molecule has 0 aromatic heterocycles. The van der Waals surface area contributed by atoms with Crippen LogP contribution in [0.1, 0.15) is 29.6 Å². The summed E-state index contributed by atoms with van der Waals surface area (Å²) in [7, 11) is -2.05. The maximum Gasteiger partial charge on any atom is 0.337 e. The largest absolute Gasteiger partial charge is 0.494 e. The fourth-order valence-electron chi connectivity index (χ4n) is 1.60. The number of sulfonamides is 1. The van der Waals surface area contributed by atoms with E-state index in [0.717, 1.165) is 6.42 Å². The van der Waals surface area contributed by atoms with Crippen LogP contribution in [-0.2, 0) is 14.8 Å². The fraction of sp³-hybridized carbons (Fsp3) is 0.462. The van der Waals surface area contributed by atoms with Crippen molar-refractivity contribution in [1.82, 2.24) is 0 Å². The third-order valence-electron chi connectivity index (χ3n) is 2.60. The van der Waals surface area contributed by atoms with Gasteiger partial charge >= 0.3 is 5.97 Å². The molecule has 112 valence electrons. The summed E-state index contributed by atoms with van der Waals surface area (Å²) in [5.74, 6) is 0.160. The lowest BCUT2D eigenvalue weighted by Crippen LogP contribution is -2.16. The van der Waals surface area contributed by atoms with Crippen LogP contribution in [0.2, 0.25) is 0 Å². The summed E-state index contributed by atoms with van der Waals surface area (Å²) in [6.45, 7) is 0.454. The first-order chi connectivity index (χ1) is 9.42. The van der Waals surface area contributed by atoms with Crippen molar-refractivity contribution in [3.63, 3.8) is 0 Å². The highest BCUT2D eigenvalue weighted by Gasteiger charge is 2.06. The van der Waals surface area contributed by atoms with Gasteiger partial charge in [0.1, 0.15) is 5.75 Å². The lowest BCUT2D eigenvalue weighted by Gasteiger charge is -2.07. The third-order valence-corrected chi connectivity index (χ3v) is 3.45. The van der Waals surface area contributed by atoms with Gasteiger partial charge in [0, 0.05) is 0 Å². The summed E-state index contributed by atoms with van der Waals surface area (Å²) in [6, 6.07) is 6.71. The first-order valence-corrected chi connectivity index (χ1v) is 7.95. The number of nitrogens with two attached hydrogens (primary N) is 1. The Morgan fingerprint density at radius 3 is 2.65 bits per heavy atom. The van der Waals surface area contributed by atoms with Crippen molar-refractivity contribution in [2.24, 2.45) is 5.14 Å². The average molecular weight is 301 g/mol. The number of methoxy groups -OCH3 is 1. The Kier molecular flexibility index (Phi) is 6.47. The number of carbonyl (C=O) groups excluding carboxylic acids is 1. The van der Waals surface area contributed by atoms with Gasteiger partial charge < -0.3 is 9.47 Å². The zero-order valence-corrected chi connectivity index (χ0v) is 12.2. The van der Waals surface area contributed by atoms with Crippen LogP contribution >= 0.6 is 0 Å². The van der Waals surface area contributed by atoms with Crippen molar-refractivity contribution in [3.05, 3.63) is 29.8 Å². The van der Waals surface area contributed by atoms with Crippen LogP contribution in [0, 0.1) is 0 Å². The quantitative estimate of drug-likeness (QED) is 0.577. The lowest BCUT2D eigenvalue weighted by atomic mass is 10.2. The van der Waals surface area contributed by atoms with E-state index in [0.29, 0.717) is 30.8 Å². The Morgan fingerprint density at radius 2 is 2.00 bits per heavy atom. The van der Waals surface area contributed by atoms with Gasteiger partial charge in [-0.2, -0.15) is 0 Å². The first-order valence-electron chi connectivity index (χ1n) is 6.24. The van der Waals surface area contributed by atoms with Crippen LogP contribution in [0.5, 0.6) is 5.75 Å². The van der Waals surface area contributed by atoms with Crippen molar-refractivity contribution >= 4 is 16.0 Å². The number of carbonyl (C=O) groups is 1. The van der Waals surface area contributed by atoms with Gasteiger partial charge in [0.15, 0.2) is 0 Å². The van der Waals surface area contributed by atoms with E-state index in [-0.39, 0.29) is 5.75 Å². The molecule has 7 heteroatoms. The SMILES string of the molecule is COC(=O)c1cccc(OCCCCCS(N)(=O)=O)c1. The number of rotatable bonds is 8. The van der Waals surface area contributed by atoms with Gasteiger partial charge in [-0.1, -0.05) is 6.07 Å². The maximum absolute atomic E-state index is 11.3. The van der Waals surface area contributed by atoms with Crippen molar-refractivity contribution in [2.45, 2.75) is 19.3 Å². The first kappa shape index (κ1) is 16.5. The van der Waals surface area contributed by atoms with Gasteiger partial charge in [0.05, 0.1) is 25.0 Å². The smallest absolute Gasteiger partial charge is 0.337 e. The predicted molar refractivity (Wildman–Crippen MR) is 75.1 cm³/mol. The topological polar surface area (TPSA) is 95.7 Å². The van der Waals surface area contributed by atoms with Crippen LogP contribution in [0.15, 0.2) is 24.3 Å². The molecule has 6 nitrogen and oxygen atoms in total. The number of hydrogen-bond acceptors (Lipinski definition) is 5. The molecule has 20 heavy (non-hydrogen) atoms. The monoisotopic (exact) mass is 301 g/mol. The van der Waals surface area contributed by atoms with Gasteiger partial charge in [-0.05, 0) is 37.5 Å². The van der Waals surface area contributed by atoms with Crippen LogP contribution in [0.25, 0.3) is 0 Å². The molecule has 0 fully saturated rings. The second-order valence-electron chi connectivity index (χ2n) is 4.30. The van der Waals surface area contributed by atoms with Crippen LogP contribution in [0.4, 0.5) is 0 Å². The summed E-state index contributed by atoms with van der Waals surface area (Å²) in [4.78, 5) is 11.3. The number of ether oxygens (including phenoxy) is 2. The Morgan fingerprint density at radius 1 is 1.25 bits per heavy atom. The molecular formula is C13H19NO5S. The van der Waals surface area contributed by atoms with E-state index in [2.05, 4.69) is 4.74 Å². The summed E-state index contributed by atoms with van der Waals surface area (Å²) in [6.07, 6.45) is 1.95. The van der Waals surface area contributed by atoms with Crippen molar-refractivity contribution in [2.75, 3.05) is 19.5 Å². The standard InChI is InChI=1S/C13H19NO5S/c1-18-13(15)11-6-5-7-12(10-11)19-8-3-2-4-9-20(14,16)17/h5-7,10H,2-4,8-9H2,1H3,(H2,14,16,17). The van der Waals surface area contributed by atoms with Crippen molar-refractivity contribution in [1.29, 1.82) is 0 Å². The minimum atomic E-state index is -3.37. The van der Waals surface area contributed by atoms with E-state index in [1.54, 1.807) is 24.3 Å². The number of esters is 1. The van der Waals surface area contributed by atoms with Gasteiger partial charge in [0.2, 0.25) is 10.0 Å². The molecule has 1 aromatic rings. The molecule has 0 saturated heterocycles. The number of hydrogen-bond donors (Lipinski definition) is 1. The van der Waals surface area contributed by atoms with E-state index in [1.165, 1.54) is 7.11 Å². The number of unbranched alkanes of at least 4 members (excludes halogenated alkanes) is 2. The number of primary sulfonamides is 1. The summed E-state index contributed by atoms with van der Waals surface area (Å²) in [5, 5.41) is 4.90. The predicted octanol–water partition coefficient (Wildman–Crippen LogP) is 1.31. The minimum Gasteiger partial charge on any atom is -0.494 e. The fourth-order valence-corrected chi connectivity index (χ4v) is 2.21. The van der Waals surface area contributed by atoms with Crippen molar-refractivity contribution < 1.29 is 22.7 Å².